The molecular formula is C16H27N3O. The number of aryl methyl sites for hydroxylation is 2. The van der Waals surface area contributed by atoms with Gasteiger partial charge in [-0.3, -0.25) is 4.68 Å². The molecule has 1 N–H and O–H groups in total. The molecule has 2 fully saturated rings. The third kappa shape index (κ3) is 2.91. The van der Waals surface area contributed by atoms with E-state index in [0.29, 0.717) is 6.04 Å². The molecule has 2 heterocycles. The van der Waals surface area contributed by atoms with Crippen LogP contribution in [0, 0.1) is 0 Å². The zero-order chi connectivity index (χ0) is 14.0. The second-order valence-electron chi connectivity index (χ2n) is 6.44. The highest BCUT2D eigenvalue weighted by atomic mass is 16.5. The van der Waals surface area contributed by atoms with Gasteiger partial charge in [0.05, 0.1) is 11.3 Å². The predicted octanol–water partition coefficient (Wildman–Crippen LogP) is 2.56. The molecule has 112 valence electrons. The Morgan fingerprint density at radius 1 is 1.45 bits per heavy atom. The predicted molar refractivity (Wildman–Crippen MR) is 79.6 cm³/mol. The Bertz CT molecular complexity index is 449. The van der Waals surface area contributed by atoms with Crippen LogP contribution in [-0.4, -0.2) is 28.0 Å². The smallest absolute Gasteiger partial charge is 0.0697 e. The van der Waals surface area contributed by atoms with Crippen LogP contribution in [0.4, 0.5) is 0 Å². The molecule has 1 saturated carbocycles. The summed E-state index contributed by atoms with van der Waals surface area (Å²) in [6.07, 6.45) is 10.7. The maximum Gasteiger partial charge on any atom is 0.0697 e. The monoisotopic (exact) mass is 277 g/mol. The molecule has 1 aromatic rings. The number of hydrogen-bond donors (Lipinski definition) is 1. The van der Waals surface area contributed by atoms with Crippen molar-refractivity contribution in [3.63, 3.8) is 0 Å². The van der Waals surface area contributed by atoms with Crippen LogP contribution in [0.15, 0.2) is 6.20 Å². The van der Waals surface area contributed by atoms with Crippen molar-refractivity contribution in [3.8, 4) is 0 Å². The van der Waals surface area contributed by atoms with Crippen LogP contribution in [0.1, 0.15) is 56.7 Å². The summed E-state index contributed by atoms with van der Waals surface area (Å²) >= 11 is 0. The van der Waals surface area contributed by atoms with E-state index in [1.165, 1.54) is 43.4 Å². The Morgan fingerprint density at radius 2 is 2.25 bits per heavy atom. The summed E-state index contributed by atoms with van der Waals surface area (Å²) in [5.74, 6) is 0. The molecule has 1 aromatic heterocycles. The van der Waals surface area contributed by atoms with Gasteiger partial charge in [-0.25, -0.2) is 0 Å². The van der Waals surface area contributed by atoms with Crippen molar-refractivity contribution < 1.29 is 4.74 Å². The number of nitrogens with zero attached hydrogens (tertiary/aromatic N) is 2. The van der Waals surface area contributed by atoms with Crippen molar-refractivity contribution in [3.05, 3.63) is 17.5 Å². The van der Waals surface area contributed by atoms with Crippen LogP contribution >= 0.6 is 0 Å². The van der Waals surface area contributed by atoms with Crippen LogP contribution < -0.4 is 5.32 Å². The second-order valence-corrected chi connectivity index (χ2v) is 6.44. The van der Waals surface area contributed by atoms with Crippen molar-refractivity contribution in [2.24, 2.45) is 7.05 Å². The van der Waals surface area contributed by atoms with E-state index in [1.54, 1.807) is 0 Å². The molecule has 3 rings (SSSR count). The first kappa shape index (κ1) is 14.1. The molecule has 1 atom stereocenters. The van der Waals surface area contributed by atoms with Crippen molar-refractivity contribution >= 4 is 0 Å². The van der Waals surface area contributed by atoms with E-state index in [9.17, 15) is 0 Å². The van der Waals surface area contributed by atoms with Gasteiger partial charge in [-0.05, 0) is 32.1 Å². The molecule has 1 spiro atoms. The van der Waals surface area contributed by atoms with Crippen molar-refractivity contribution in [2.75, 3.05) is 6.61 Å². The van der Waals surface area contributed by atoms with Crippen LogP contribution in [0.2, 0.25) is 0 Å². The maximum absolute atomic E-state index is 6.10. The maximum atomic E-state index is 6.10. The molecule has 1 saturated heterocycles. The van der Waals surface area contributed by atoms with Crippen LogP contribution in [0.25, 0.3) is 0 Å². The van der Waals surface area contributed by atoms with Gasteiger partial charge in [-0.1, -0.05) is 19.8 Å². The van der Waals surface area contributed by atoms with Crippen molar-refractivity contribution in [1.82, 2.24) is 15.1 Å². The van der Waals surface area contributed by atoms with Crippen molar-refractivity contribution in [1.29, 1.82) is 0 Å². The van der Waals surface area contributed by atoms with E-state index in [2.05, 4.69) is 23.5 Å². The van der Waals surface area contributed by atoms with Gasteiger partial charge in [-0.2, -0.15) is 5.10 Å². The fourth-order valence-electron chi connectivity index (χ4n) is 3.85. The van der Waals surface area contributed by atoms with E-state index in [0.717, 1.165) is 26.0 Å². The molecule has 1 unspecified atom stereocenters. The van der Waals surface area contributed by atoms with Crippen LogP contribution in [-0.2, 0) is 24.8 Å². The Labute approximate surface area is 121 Å². The van der Waals surface area contributed by atoms with Gasteiger partial charge in [0.1, 0.15) is 0 Å². The Morgan fingerprint density at radius 3 is 3.00 bits per heavy atom. The Balaban J connectivity index is 1.57. The molecule has 4 heteroatoms. The summed E-state index contributed by atoms with van der Waals surface area (Å²) in [6, 6.07) is 0.603. The average Bonchev–Trinajstić information content (AvgIpc) is 3.03. The molecule has 20 heavy (non-hydrogen) atoms. The lowest BCUT2D eigenvalue weighted by atomic mass is 9.89. The number of aromatic nitrogens is 2. The summed E-state index contributed by atoms with van der Waals surface area (Å²) in [5, 5.41) is 8.26. The van der Waals surface area contributed by atoms with E-state index in [4.69, 9.17) is 4.74 Å². The number of ether oxygens (including phenoxy) is 1. The summed E-state index contributed by atoms with van der Waals surface area (Å²) in [7, 11) is 2.00. The molecule has 4 nitrogen and oxygen atoms in total. The standard InChI is InChI=1S/C16H27N3O/c1-3-15-13(12-19(2)18-15)11-17-14-6-9-20-16(10-14)7-4-5-8-16/h12,14,17H,3-11H2,1-2H3. The van der Waals surface area contributed by atoms with E-state index in [1.807, 2.05) is 11.7 Å². The molecule has 0 aromatic carbocycles. The highest BCUT2D eigenvalue weighted by Crippen LogP contribution is 2.40. The molecule has 1 aliphatic heterocycles. The van der Waals surface area contributed by atoms with Crippen LogP contribution in [0.5, 0.6) is 0 Å². The Hall–Kier alpha value is -0.870. The molecule has 1 aliphatic carbocycles. The minimum Gasteiger partial charge on any atom is -0.375 e. The lowest BCUT2D eigenvalue weighted by Crippen LogP contribution is -2.45. The highest BCUT2D eigenvalue weighted by Gasteiger charge is 2.39. The van der Waals surface area contributed by atoms with Gasteiger partial charge in [0.25, 0.3) is 0 Å². The fraction of sp³-hybridized carbons (Fsp3) is 0.812. The lowest BCUT2D eigenvalue weighted by molar-refractivity contribution is -0.0837. The highest BCUT2D eigenvalue weighted by molar-refractivity contribution is 5.16. The molecule has 0 bridgehead atoms. The second kappa shape index (κ2) is 5.86. The largest absolute Gasteiger partial charge is 0.375 e. The van der Waals surface area contributed by atoms with Crippen molar-refractivity contribution in [2.45, 2.75) is 70.1 Å². The zero-order valence-corrected chi connectivity index (χ0v) is 12.8. The molecular weight excluding hydrogens is 250 g/mol. The summed E-state index contributed by atoms with van der Waals surface area (Å²) < 4.78 is 8.03. The van der Waals surface area contributed by atoms with Gasteiger partial charge in [0.2, 0.25) is 0 Å². The fourth-order valence-corrected chi connectivity index (χ4v) is 3.85. The van der Waals surface area contributed by atoms with Gasteiger partial charge in [0.15, 0.2) is 0 Å². The molecule has 2 aliphatic rings. The van der Waals surface area contributed by atoms with Gasteiger partial charge in [-0.15, -0.1) is 0 Å². The SMILES string of the molecule is CCc1nn(C)cc1CNC1CCOC2(CCCC2)C1. The summed E-state index contributed by atoms with van der Waals surface area (Å²) in [6.45, 7) is 4.04. The first-order chi connectivity index (χ1) is 9.71. The third-order valence-corrected chi connectivity index (χ3v) is 4.92. The van der Waals surface area contributed by atoms with E-state index < -0.39 is 0 Å². The molecule has 0 radical (unpaired) electrons. The average molecular weight is 277 g/mol. The quantitative estimate of drug-likeness (QED) is 0.919. The molecule has 0 amide bonds. The minimum absolute atomic E-state index is 0.207. The first-order valence-electron chi connectivity index (χ1n) is 8.09. The first-order valence-corrected chi connectivity index (χ1v) is 8.09. The van der Waals surface area contributed by atoms with Crippen LogP contribution in [0.3, 0.4) is 0 Å². The van der Waals surface area contributed by atoms with Gasteiger partial charge < -0.3 is 10.1 Å². The Kier molecular flexibility index (Phi) is 4.13. The normalized spacial score (nSPS) is 25.4. The number of nitrogens with one attached hydrogen (secondary N) is 1. The lowest BCUT2D eigenvalue weighted by Gasteiger charge is -2.38. The van der Waals surface area contributed by atoms with E-state index >= 15 is 0 Å². The number of rotatable bonds is 4. The summed E-state index contributed by atoms with van der Waals surface area (Å²) in [5.41, 5.74) is 2.78. The van der Waals surface area contributed by atoms with Gasteiger partial charge in [0, 0.05) is 38.0 Å². The summed E-state index contributed by atoms with van der Waals surface area (Å²) in [4.78, 5) is 0. The van der Waals surface area contributed by atoms with E-state index in [-0.39, 0.29) is 5.60 Å². The zero-order valence-electron chi connectivity index (χ0n) is 12.8. The van der Waals surface area contributed by atoms with Gasteiger partial charge >= 0.3 is 0 Å². The third-order valence-electron chi connectivity index (χ3n) is 4.92. The minimum atomic E-state index is 0.207. The topological polar surface area (TPSA) is 39.1 Å². The number of hydrogen-bond acceptors (Lipinski definition) is 3.